The van der Waals surface area contributed by atoms with E-state index in [1.54, 1.807) is 22.9 Å². The number of benzene rings is 1. The van der Waals surface area contributed by atoms with E-state index in [0.29, 0.717) is 17.0 Å². The quantitative estimate of drug-likeness (QED) is 0.925. The van der Waals surface area contributed by atoms with Crippen LogP contribution < -0.4 is 5.32 Å². The van der Waals surface area contributed by atoms with E-state index in [1.165, 1.54) is 0 Å². The van der Waals surface area contributed by atoms with Gasteiger partial charge in [-0.25, -0.2) is 4.68 Å². The van der Waals surface area contributed by atoms with Crippen LogP contribution in [-0.2, 0) is 7.05 Å². The highest BCUT2D eigenvalue weighted by Crippen LogP contribution is 2.33. The molecule has 1 amide bonds. The van der Waals surface area contributed by atoms with Gasteiger partial charge in [-0.05, 0) is 12.1 Å². The highest BCUT2D eigenvalue weighted by molar-refractivity contribution is 6.05. The summed E-state index contributed by atoms with van der Waals surface area (Å²) in [5.74, 6) is -0.198. The molecule has 0 spiro atoms. The van der Waals surface area contributed by atoms with Gasteiger partial charge in [-0.1, -0.05) is 56.5 Å². The first-order valence-electron chi connectivity index (χ1n) is 7.47. The molecule has 1 aliphatic rings. The fourth-order valence-electron chi connectivity index (χ4n) is 2.48. The van der Waals surface area contributed by atoms with Gasteiger partial charge in [0.25, 0.3) is 5.91 Å². The van der Waals surface area contributed by atoms with Gasteiger partial charge < -0.3 is 5.32 Å². The van der Waals surface area contributed by atoms with Gasteiger partial charge in [-0.2, -0.15) is 0 Å². The van der Waals surface area contributed by atoms with E-state index in [2.05, 4.69) is 28.8 Å². The van der Waals surface area contributed by atoms with E-state index in [1.807, 2.05) is 39.1 Å². The molecular formula is C18H20N4O. The first-order valence-corrected chi connectivity index (χ1v) is 7.47. The molecule has 0 bridgehead atoms. The van der Waals surface area contributed by atoms with E-state index in [-0.39, 0.29) is 5.91 Å². The molecule has 2 aromatic rings. The molecule has 0 atom stereocenters. The van der Waals surface area contributed by atoms with Crippen molar-refractivity contribution in [3.05, 3.63) is 66.5 Å². The average Bonchev–Trinajstić information content (AvgIpc) is 2.96. The number of hydrogen-bond donors (Lipinski definition) is 1. The summed E-state index contributed by atoms with van der Waals surface area (Å²) >= 11 is 0. The van der Waals surface area contributed by atoms with Gasteiger partial charge in [0.15, 0.2) is 0 Å². The van der Waals surface area contributed by atoms with Crippen LogP contribution in [0, 0.1) is 0 Å². The van der Waals surface area contributed by atoms with Crippen molar-refractivity contribution in [1.82, 2.24) is 20.3 Å². The van der Waals surface area contributed by atoms with Crippen LogP contribution in [0.3, 0.4) is 0 Å². The summed E-state index contributed by atoms with van der Waals surface area (Å²) in [4.78, 5) is 12.4. The normalized spacial score (nSPS) is 15.9. The van der Waals surface area contributed by atoms with Crippen LogP contribution in [0.4, 0.5) is 0 Å². The zero-order valence-corrected chi connectivity index (χ0v) is 13.6. The van der Waals surface area contributed by atoms with Crippen molar-refractivity contribution in [2.24, 2.45) is 7.05 Å². The number of rotatable bonds is 2. The number of carbonyl (C=O) groups excluding carboxylic acids is 1. The Balaban J connectivity index is 0.000000924. The largest absolute Gasteiger partial charge is 0.321 e. The SMILES string of the molecule is C=C/C1=C(\C=C)c2c(nnn2C)-c2ccccc2C(=O)N1.CC. The number of allylic oxidation sites excluding steroid dienone is 3. The zero-order valence-electron chi connectivity index (χ0n) is 13.6. The average molecular weight is 308 g/mol. The minimum Gasteiger partial charge on any atom is -0.321 e. The van der Waals surface area contributed by atoms with Gasteiger partial charge in [0, 0.05) is 29.4 Å². The van der Waals surface area contributed by atoms with Gasteiger partial charge in [0.2, 0.25) is 0 Å². The molecule has 1 aromatic heterocycles. The van der Waals surface area contributed by atoms with E-state index in [4.69, 9.17) is 0 Å². The fraction of sp³-hybridized carbons (Fsp3) is 0.167. The Hall–Kier alpha value is -2.95. The molecule has 0 aliphatic carbocycles. The standard InChI is InChI=1S/C16H14N4O.C2H6/c1-4-10-13(5-2)17-16(21)12-9-7-6-8-11(12)14-15(10)20(3)19-18-14;1-2/h4-9H,1-2H2,3H3,(H,17,21);1-2H3. The lowest BCUT2D eigenvalue weighted by Gasteiger charge is -2.17. The molecule has 1 aromatic carbocycles. The third-order valence-electron chi connectivity index (χ3n) is 3.46. The van der Waals surface area contributed by atoms with E-state index < -0.39 is 0 Å². The summed E-state index contributed by atoms with van der Waals surface area (Å²) in [6.45, 7) is 11.6. The summed E-state index contributed by atoms with van der Waals surface area (Å²) < 4.78 is 1.67. The molecule has 2 heterocycles. The molecular weight excluding hydrogens is 288 g/mol. The molecule has 1 aliphatic heterocycles. The van der Waals surface area contributed by atoms with Crippen LogP contribution in [0.15, 0.2) is 55.3 Å². The predicted octanol–water partition coefficient (Wildman–Crippen LogP) is 3.33. The van der Waals surface area contributed by atoms with Crippen LogP contribution in [0.2, 0.25) is 0 Å². The second-order valence-corrected chi connectivity index (χ2v) is 4.65. The predicted molar refractivity (Wildman–Crippen MR) is 92.6 cm³/mol. The molecule has 0 saturated heterocycles. The van der Waals surface area contributed by atoms with Crippen LogP contribution in [0.5, 0.6) is 0 Å². The number of hydrogen-bond acceptors (Lipinski definition) is 3. The molecule has 5 heteroatoms. The molecule has 1 N–H and O–H groups in total. The van der Waals surface area contributed by atoms with Gasteiger partial charge >= 0.3 is 0 Å². The molecule has 3 rings (SSSR count). The van der Waals surface area contributed by atoms with Gasteiger partial charge in [0.1, 0.15) is 5.69 Å². The van der Waals surface area contributed by atoms with Gasteiger partial charge in [-0.15, -0.1) is 5.10 Å². The molecule has 5 nitrogen and oxygen atoms in total. The summed E-state index contributed by atoms with van der Waals surface area (Å²) in [6.07, 6.45) is 3.27. The first-order chi connectivity index (χ1) is 11.2. The van der Waals surface area contributed by atoms with E-state index >= 15 is 0 Å². The minimum atomic E-state index is -0.198. The molecule has 0 fully saturated rings. The number of aryl methyl sites for hydroxylation is 1. The summed E-state index contributed by atoms with van der Waals surface area (Å²) in [7, 11) is 1.81. The van der Waals surface area contributed by atoms with Crippen molar-refractivity contribution in [3.8, 4) is 11.3 Å². The smallest absolute Gasteiger partial charge is 0.256 e. The van der Waals surface area contributed by atoms with Crippen molar-refractivity contribution in [1.29, 1.82) is 0 Å². The highest BCUT2D eigenvalue weighted by Gasteiger charge is 2.25. The van der Waals surface area contributed by atoms with Crippen molar-refractivity contribution in [3.63, 3.8) is 0 Å². The number of nitrogens with zero attached hydrogens (tertiary/aromatic N) is 3. The van der Waals surface area contributed by atoms with Crippen LogP contribution in [-0.4, -0.2) is 20.9 Å². The van der Waals surface area contributed by atoms with Crippen molar-refractivity contribution >= 4 is 11.5 Å². The van der Waals surface area contributed by atoms with Crippen molar-refractivity contribution in [2.75, 3.05) is 0 Å². The Bertz CT molecular complexity index is 799. The number of aromatic nitrogens is 3. The fourth-order valence-corrected chi connectivity index (χ4v) is 2.48. The van der Waals surface area contributed by atoms with Crippen molar-refractivity contribution < 1.29 is 4.79 Å². The van der Waals surface area contributed by atoms with Crippen LogP contribution in [0.1, 0.15) is 29.9 Å². The molecule has 0 unspecified atom stereocenters. The lowest BCUT2D eigenvalue weighted by Crippen LogP contribution is -2.25. The monoisotopic (exact) mass is 308 g/mol. The second-order valence-electron chi connectivity index (χ2n) is 4.65. The maximum Gasteiger partial charge on any atom is 0.256 e. The summed E-state index contributed by atoms with van der Waals surface area (Å²) in [6, 6.07) is 7.32. The third-order valence-corrected chi connectivity index (χ3v) is 3.46. The Morgan fingerprint density at radius 1 is 1.13 bits per heavy atom. The number of amides is 1. The Labute approximate surface area is 136 Å². The Morgan fingerprint density at radius 3 is 2.39 bits per heavy atom. The number of nitrogens with one attached hydrogen (secondary N) is 1. The minimum absolute atomic E-state index is 0.198. The van der Waals surface area contributed by atoms with Crippen LogP contribution >= 0.6 is 0 Å². The maximum absolute atomic E-state index is 12.4. The molecule has 23 heavy (non-hydrogen) atoms. The number of fused-ring (bicyclic) bond motifs is 3. The molecule has 0 saturated carbocycles. The lowest BCUT2D eigenvalue weighted by atomic mass is 9.96. The molecule has 118 valence electrons. The maximum atomic E-state index is 12.4. The van der Waals surface area contributed by atoms with E-state index in [0.717, 1.165) is 16.8 Å². The zero-order chi connectivity index (χ0) is 17.0. The first kappa shape index (κ1) is 16.4. The van der Waals surface area contributed by atoms with Crippen LogP contribution in [0.25, 0.3) is 16.8 Å². The summed E-state index contributed by atoms with van der Waals surface area (Å²) in [5.41, 5.74) is 4.11. The van der Waals surface area contributed by atoms with E-state index in [9.17, 15) is 4.79 Å². The number of carbonyl (C=O) groups is 1. The lowest BCUT2D eigenvalue weighted by molar-refractivity contribution is 0.0968. The third kappa shape index (κ3) is 2.73. The Kier molecular flexibility index (Phi) is 4.91. The highest BCUT2D eigenvalue weighted by atomic mass is 16.1. The summed E-state index contributed by atoms with van der Waals surface area (Å²) in [5, 5.41) is 11.2. The second kappa shape index (κ2) is 6.87. The molecule has 0 radical (unpaired) electrons. The van der Waals surface area contributed by atoms with Gasteiger partial charge in [-0.3, -0.25) is 4.79 Å². The van der Waals surface area contributed by atoms with Crippen molar-refractivity contribution in [2.45, 2.75) is 13.8 Å². The van der Waals surface area contributed by atoms with Gasteiger partial charge in [0.05, 0.1) is 5.69 Å². The Morgan fingerprint density at radius 2 is 1.78 bits per heavy atom. The topological polar surface area (TPSA) is 59.8 Å².